The number of Topliss-reactive ketones (excluding diaryl/α,β-unsaturated/α-hetero) is 1. The normalized spacial score (nSPS) is 19.8. The van der Waals surface area contributed by atoms with Crippen LogP contribution < -0.4 is 14.4 Å². The number of aromatic nitrogens is 1. The van der Waals surface area contributed by atoms with E-state index < -0.39 is 17.7 Å². The van der Waals surface area contributed by atoms with Crippen molar-refractivity contribution < 1.29 is 24.2 Å². The van der Waals surface area contributed by atoms with Gasteiger partial charge >= 0.3 is 5.91 Å². The highest BCUT2D eigenvalue weighted by Gasteiger charge is 2.48. The standard InChI is InChI=1S/C31H26N2O5S/c1-4-12-37-22-7-5-6-19(16-22)27-26(28(34)20-9-11-24-21(15-20)14-18(3)38-24)29(35)30(36)33(27)31-32-23-10-8-17(2)13-25(23)39-31/h4-11,13,15-16,18,27,34H,1,12,14H2,2-3H3/t18-,27+/m0/s1. The molecule has 6 rings (SSSR count). The van der Waals surface area contributed by atoms with Crippen molar-refractivity contribution in [2.45, 2.75) is 32.4 Å². The van der Waals surface area contributed by atoms with Gasteiger partial charge in [0.1, 0.15) is 30.0 Å². The molecule has 2 aliphatic heterocycles. The molecule has 0 unspecified atom stereocenters. The van der Waals surface area contributed by atoms with E-state index in [1.807, 2.05) is 44.2 Å². The van der Waals surface area contributed by atoms with Crippen LogP contribution in [0.15, 0.2) is 78.9 Å². The summed E-state index contributed by atoms with van der Waals surface area (Å²) < 4.78 is 12.4. The van der Waals surface area contributed by atoms with Crippen molar-refractivity contribution >= 4 is 44.1 Å². The number of amides is 1. The minimum atomic E-state index is -0.901. The maximum Gasteiger partial charge on any atom is 0.301 e. The Hall–Kier alpha value is -4.43. The van der Waals surface area contributed by atoms with Gasteiger partial charge < -0.3 is 14.6 Å². The second-order valence-corrected chi connectivity index (χ2v) is 10.8. The van der Waals surface area contributed by atoms with E-state index in [1.165, 1.54) is 16.2 Å². The Balaban J connectivity index is 1.53. The van der Waals surface area contributed by atoms with Crippen LogP contribution in [0.25, 0.3) is 16.0 Å². The number of ketones is 1. The third-order valence-corrected chi connectivity index (χ3v) is 7.91. The lowest BCUT2D eigenvalue weighted by atomic mass is 9.94. The number of hydrogen-bond acceptors (Lipinski definition) is 7. The summed E-state index contributed by atoms with van der Waals surface area (Å²) in [6.07, 6.45) is 2.37. The van der Waals surface area contributed by atoms with Gasteiger partial charge in [-0.1, -0.05) is 42.2 Å². The molecule has 3 heterocycles. The first-order valence-corrected chi connectivity index (χ1v) is 13.5. The molecular formula is C31H26N2O5S. The summed E-state index contributed by atoms with van der Waals surface area (Å²) in [4.78, 5) is 33.3. The minimum absolute atomic E-state index is 0.00298. The van der Waals surface area contributed by atoms with E-state index in [1.54, 1.807) is 36.4 Å². The highest BCUT2D eigenvalue weighted by molar-refractivity contribution is 7.22. The van der Waals surface area contributed by atoms with Gasteiger partial charge in [-0.25, -0.2) is 4.98 Å². The number of anilines is 1. The van der Waals surface area contributed by atoms with Gasteiger partial charge in [0.25, 0.3) is 5.78 Å². The van der Waals surface area contributed by atoms with Crippen LogP contribution in [0.2, 0.25) is 0 Å². The molecule has 1 saturated heterocycles. The molecule has 0 radical (unpaired) electrons. The molecule has 4 aromatic rings. The molecule has 7 nitrogen and oxygen atoms in total. The Morgan fingerprint density at radius 3 is 2.87 bits per heavy atom. The molecule has 1 amide bonds. The quantitative estimate of drug-likeness (QED) is 0.138. The number of ether oxygens (including phenoxy) is 2. The Morgan fingerprint density at radius 1 is 1.21 bits per heavy atom. The zero-order valence-electron chi connectivity index (χ0n) is 21.5. The van der Waals surface area contributed by atoms with Crippen LogP contribution in [0.5, 0.6) is 11.5 Å². The lowest BCUT2D eigenvalue weighted by Crippen LogP contribution is -2.29. The van der Waals surface area contributed by atoms with Gasteiger partial charge in [-0.15, -0.1) is 0 Å². The van der Waals surface area contributed by atoms with E-state index in [2.05, 4.69) is 6.58 Å². The predicted octanol–water partition coefficient (Wildman–Crippen LogP) is 6.12. The van der Waals surface area contributed by atoms with Crippen LogP contribution in [0.1, 0.15) is 35.2 Å². The zero-order chi connectivity index (χ0) is 27.3. The molecule has 0 saturated carbocycles. The van der Waals surface area contributed by atoms with Crippen molar-refractivity contribution in [1.29, 1.82) is 0 Å². The number of hydrogen-bond donors (Lipinski definition) is 1. The van der Waals surface area contributed by atoms with E-state index in [9.17, 15) is 14.7 Å². The molecule has 2 atom stereocenters. The lowest BCUT2D eigenvalue weighted by molar-refractivity contribution is -0.132. The van der Waals surface area contributed by atoms with Gasteiger partial charge in [0.15, 0.2) is 5.13 Å². The number of carbonyl (C=O) groups excluding carboxylic acids is 2. The molecule has 0 spiro atoms. The summed E-state index contributed by atoms with van der Waals surface area (Å²) in [6, 6.07) is 17.4. The predicted molar refractivity (Wildman–Crippen MR) is 152 cm³/mol. The molecule has 1 N–H and O–H groups in total. The van der Waals surface area contributed by atoms with Gasteiger partial charge in [-0.3, -0.25) is 14.5 Å². The fourth-order valence-corrected chi connectivity index (χ4v) is 6.21. The van der Waals surface area contributed by atoms with Crippen molar-refractivity contribution in [2.75, 3.05) is 11.5 Å². The van der Waals surface area contributed by atoms with Gasteiger partial charge in [-0.05, 0) is 73.0 Å². The molecular weight excluding hydrogens is 512 g/mol. The number of carbonyl (C=O) groups is 2. The molecule has 1 fully saturated rings. The maximum atomic E-state index is 13.6. The third-order valence-electron chi connectivity index (χ3n) is 6.89. The van der Waals surface area contributed by atoms with Gasteiger partial charge in [0.05, 0.1) is 21.8 Å². The summed E-state index contributed by atoms with van der Waals surface area (Å²) in [5, 5.41) is 12.0. The molecule has 3 aromatic carbocycles. The Morgan fingerprint density at radius 2 is 2.05 bits per heavy atom. The van der Waals surface area contributed by atoms with Crippen LogP contribution in [0.4, 0.5) is 5.13 Å². The molecule has 1 aromatic heterocycles. The summed E-state index contributed by atoms with van der Waals surface area (Å²) in [6.45, 7) is 7.96. The highest BCUT2D eigenvalue weighted by Crippen LogP contribution is 2.45. The van der Waals surface area contributed by atoms with Crippen LogP contribution in [0, 0.1) is 6.92 Å². The van der Waals surface area contributed by atoms with E-state index >= 15 is 0 Å². The zero-order valence-corrected chi connectivity index (χ0v) is 22.3. The second-order valence-electron chi connectivity index (χ2n) is 9.76. The smallest absolute Gasteiger partial charge is 0.301 e. The van der Waals surface area contributed by atoms with Crippen LogP contribution in [-0.2, 0) is 16.0 Å². The number of thiazole rings is 1. The van der Waals surface area contributed by atoms with Crippen LogP contribution in [0.3, 0.4) is 0 Å². The topological polar surface area (TPSA) is 89.0 Å². The Bertz CT molecular complexity index is 1690. The first-order valence-electron chi connectivity index (χ1n) is 12.7. The fourth-order valence-electron chi connectivity index (χ4n) is 5.12. The third kappa shape index (κ3) is 4.36. The fraction of sp³-hybridized carbons (Fsp3) is 0.194. The average Bonchev–Trinajstić information content (AvgIpc) is 3.59. The number of rotatable bonds is 6. The molecule has 0 aliphatic carbocycles. The number of nitrogens with zero attached hydrogens (tertiary/aromatic N) is 2. The Labute approximate surface area is 229 Å². The monoisotopic (exact) mass is 538 g/mol. The van der Waals surface area contributed by atoms with Crippen molar-refractivity contribution in [3.05, 3.63) is 101 Å². The van der Waals surface area contributed by atoms with E-state index in [-0.39, 0.29) is 17.4 Å². The van der Waals surface area contributed by atoms with Gasteiger partial charge in [0, 0.05) is 12.0 Å². The number of aryl methyl sites for hydroxylation is 1. The van der Waals surface area contributed by atoms with Crippen molar-refractivity contribution in [3.8, 4) is 11.5 Å². The summed E-state index contributed by atoms with van der Waals surface area (Å²) in [5.41, 5.74) is 3.82. The maximum absolute atomic E-state index is 13.6. The molecule has 2 aliphatic rings. The number of aliphatic hydroxyl groups excluding tert-OH is 1. The van der Waals surface area contributed by atoms with Crippen molar-refractivity contribution in [1.82, 2.24) is 4.98 Å². The second kappa shape index (κ2) is 9.71. The molecule has 8 heteroatoms. The van der Waals surface area contributed by atoms with E-state index in [4.69, 9.17) is 14.5 Å². The molecule has 196 valence electrons. The largest absolute Gasteiger partial charge is 0.507 e. The molecule has 0 bridgehead atoms. The molecule has 39 heavy (non-hydrogen) atoms. The first-order chi connectivity index (χ1) is 18.8. The van der Waals surface area contributed by atoms with Crippen LogP contribution in [-0.4, -0.2) is 34.5 Å². The van der Waals surface area contributed by atoms with Crippen LogP contribution >= 0.6 is 11.3 Å². The highest BCUT2D eigenvalue weighted by atomic mass is 32.1. The SMILES string of the molecule is C=CCOc1cccc([C@@H]2C(=C(O)c3ccc4c(c3)C[C@H](C)O4)C(=O)C(=O)N2c2nc3ccc(C)cc3s2)c1. The number of aliphatic hydroxyl groups is 1. The number of benzene rings is 3. The van der Waals surface area contributed by atoms with Crippen molar-refractivity contribution in [3.63, 3.8) is 0 Å². The Kier molecular flexibility index (Phi) is 6.19. The average molecular weight is 539 g/mol. The van der Waals surface area contributed by atoms with E-state index in [0.717, 1.165) is 27.1 Å². The number of fused-ring (bicyclic) bond motifs is 2. The summed E-state index contributed by atoms with van der Waals surface area (Å²) in [7, 11) is 0. The first kappa shape index (κ1) is 24.9. The minimum Gasteiger partial charge on any atom is -0.507 e. The summed E-state index contributed by atoms with van der Waals surface area (Å²) in [5.74, 6) is -0.435. The van der Waals surface area contributed by atoms with E-state index in [0.29, 0.717) is 35.0 Å². The van der Waals surface area contributed by atoms with Gasteiger partial charge in [-0.2, -0.15) is 0 Å². The van der Waals surface area contributed by atoms with Gasteiger partial charge in [0.2, 0.25) is 0 Å². The van der Waals surface area contributed by atoms with Crippen molar-refractivity contribution in [2.24, 2.45) is 0 Å². The lowest BCUT2D eigenvalue weighted by Gasteiger charge is -2.23. The summed E-state index contributed by atoms with van der Waals surface area (Å²) >= 11 is 1.33.